The van der Waals surface area contributed by atoms with Crippen LogP contribution >= 0.6 is 0 Å². The maximum Gasteiger partial charge on any atom is 0.123 e. The highest BCUT2D eigenvalue weighted by atomic mass is 19.1. The highest BCUT2D eigenvalue weighted by molar-refractivity contribution is 5.17. The lowest BCUT2D eigenvalue weighted by atomic mass is 9.91. The molecule has 0 saturated carbocycles. The molecule has 0 heterocycles. The fraction of sp³-hybridized carbons (Fsp3) is 0.500. The lowest BCUT2D eigenvalue weighted by molar-refractivity contribution is 0.427. The molecule has 78 valence electrons. The topological polar surface area (TPSA) is 26.0 Å². The SMILES string of the molecule is CCC(Cc1cccc(F)c1)C(C)N. The summed E-state index contributed by atoms with van der Waals surface area (Å²) in [4.78, 5) is 0. The average Bonchev–Trinajstić information content (AvgIpc) is 2.14. The zero-order chi connectivity index (χ0) is 10.6. The smallest absolute Gasteiger partial charge is 0.123 e. The van der Waals surface area contributed by atoms with E-state index in [-0.39, 0.29) is 11.9 Å². The van der Waals surface area contributed by atoms with E-state index < -0.39 is 0 Å². The second-order valence-electron chi connectivity index (χ2n) is 3.86. The van der Waals surface area contributed by atoms with Crippen LogP contribution in [0, 0.1) is 11.7 Å². The van der Waals surface area contributed by atoms with Gasteiger partial charge in [0.1, 0.15) is 5.82 Å². The average molecular weight is 195 g/mol. The number of benzene rings is 1. The van der Waals surface area contributed by atoms with Gasteiger partial charge in [-0.1, -0.05) is 25.5 Å². The standard InChI is InChI=1S/C12H18FN/c1-3-11(9(2)14)7-10-5-4-6-12(13)8-10/h4-6,8-9,11H,3,7,14H2,1-2H3. The van der Waals surface area contributed by atoms with Gasteiger partial charge in [-0.05, 0) is 37.0 Å². The Morgan fingerprint density at radius 3 is 2.64 bits per heavy atom. The van der Waals surface area contributed by atoms with Crippen LogP contribution in [0.15, 0.2) is 24.3 Å². The molecule has 0 radical (unpaired) electrons. The van der Waals surface area contributed by atoms with Gasteiger partial charge in [0.15, 0.2) is 0 Å². The quantitative estimate of drug-likeness (QED) is 0.785. The van der Waals surface area contributed by atoms with Gasteiger partial charge in [0.25, 0.3) is 0 Å². The molecule has 1 nitrogen and oxygen atoms in total. The molecule has 0 saturated heterocycles. The summed E-state index contributed by atoms with van der Waals surface area (Å²) < 4.78 is 12.9. The summed E-state index contributed by atoms with van der Waals surface area (Å²) in [6.07, 6.45) is 1.90. The molecule has 1 rings (SSSR count). The van der Waals surface area contributed by atoms with E-state index in [4.69, 9.17) is 5.73 Å². The molecule has 2 atom stereocenters. The van der Waals surface area contributed by atoms with Gasteiger partial charge in [0.05, 0.1) is 0 Å². The molecule has 0 aliphatic heterocycles. The summed E-state index contributed by atoms with van der Waals surface area (Å²) in [5.41, 5.74) is 6.88. The minimum Gasteiger partial charge on any atom is -0.328 e. The lowest BCUT2D eigenvalue weighted by Gasteiger charge is -2.18. The zero-order valence-electron chi connectivity index (χ0n) is 8.83. The summed E-state index contributed by atoms with van der Waals surface area (Å²) in [6, 6.07) is 6.93. The molecule has 14 heavy (non-hydrogen) atoms. The second kappa shape index (κ2) is 5.11. The van der Waals surface area contributed by atoms with Crippen LogP contribution in [0.2, 0.25) is 0 Å². The van der Waals surface area contributed by atoms with Crippen LogP contribution < -0.4 is 5.73 Å². The monoisotopic (exact) mass is 195 g/mol. The van der Waals surface area contributed by atoms with E-state index in [0.717, 1.165) is 18.4 Å². The van der Waals surface area contributed by atoms with Crippen LogP contribution in [0.25, 0.3) is 0 Å². The molecule has 0 amide bonds. The number of hydrogen-bond donors (Lipinski definition) is 1. The van der Waals surface area contributed by atoms with Gasteiger partial charge < -0.3 is 5.73 Å². The fourth-order valence-electron chi connectivity index (χ4n) is 1.67. The van der Waals surface area contributed by atoms with E-state index in [1.54, 1.807) is 12.1 Å². The molecule has 0 aromatic heterocycles. The van der Waals surface area contributed by atoms with Crippen molar-refractivity contribution in [3.8, 4) is 0 Å². The van der Waals surface area contributed by atoms with Crippen LogP contribution in [0.3, 0.4) is 0 Å². The van der Waals surface area contributed by atoms with Crippen molar-refractivity contribution in [2.75, 3.05) is 0 Å². The van der Waals surface area contributed by atoms with E-state index >= 15 is 0 Å². The molecule has 1 aromatic rings. The Kier molecular flexibility index (Phi) is 4.08. The van der Waals surface area contributed by atoms with Crippen molar-refractivity contribution in [3.63, 3.8) is 0 Å². The number of rotatable bonds is 4. The summed E-state index contributed by atoms with van der Waals surface area (Å²) >= 11 is 0. The van der Waals surface area contributed by atoms with Gasteiger partial charge >= 0.3 is 0 Å². The first-order valence-electron chi connectivity index (χ1n) is 5.13. The Hall–Kier alpha value is -0.890. The van der Waals surface area contributed by atoms with Crippen LogP contribution in [-0.4, -0.2) is 6.04 Å². The molecule has 2 N–H and O–H groups in total. The van der Waals surface area contributed by atoms with Crippen molar-refractivity contribution in [1.82, 2.24) is 0 Å². The normalized spacial score (nSPS) is 15.1. The molecule has 0 aliphatic rings. The largest absolute Gasteiger partial charge is 0.328 e. The Morgan fingerprint density at radius 1 is 1.43 bits per heavy atom. The second-order valence-corrected chi connectivity index (χ2v) is 3.86. The van der Waals surface area contributed by atoms with Gasteiger partial charge in [0.2, 0.25) is 0 Å². The summed E-state index contributed by atoms with van der Waals surface area (Å²) in [5.74, 6) is 0.277. The number of hydrogen-bond acceptors (Lipinski definition) is 1. The van der Waals surface area contributed by atoms with Crippen molar-refractivity contribution in [2.24, 2.45) is 11.7 Å². The molecule has 0 spiro atoms. The third-order valence-corrected chi connectivity index (χ3v) is 2.65. The number of halogens is 1. The first-order valence-corrected chi connectivity index (χ1v) is 5.13. The van der Waals surface area contributed by atoms with Gasteiger partial charge in [-0.2, -0.15) is 0 Å². The molecule has 1 aromatic carbocycles. The van der Waals surface area contributed by atoms with Gasteiger partial charge in [-0.3, -0.25) is 0 Å². The third-order valence-electron chi connectivity index (χ3n) is 2.65. The van der Waals surface area contributed by atoms with Gasteiger partial charge in [0, 0.05) is 6.04 Å². The minimum atomic E-state index is -0.165. The van der Waals surface area contributed by atoms with Crippen LogP contribution in [0.1, 0.15) is 25.8 Å². The summed E-state index contributed by atoms with van der Waals surface area (Å²) in [7, 11) is 0. The molecular formula is C12H18FN. The first kappa shape index (κ1) is 11.2. The predicted octanol–water partition coefficient (Wildman–Crippen LogP) is 2.74. The Bertz CT molecular complexity index is 283. The van der Waals surface area contributed by atoms with Crippen molar-refractivity contribution < 1.29 is 4.39 Å². The first-order chi connectivity index (χ1) is 6.63. The zero-order valence-corrected chi connectivity index (χ0v) is 8.83. The van der Waals surface area contributed by atoms with Crippen LogP contribution in [0.4, 0.5) is 4.39 Å². The molecular weight excluding hydrogens is 177 g/mol. The lowest BCUT2D eigenvalue weighted by Crippen LogP contribution is -2.27. The van der Waals surface area contributed by atoms with Crippen molar-refractivity contribution >= 4 is 0 Å². The van der Waals surface area contributed by atoms with E-state index in [1.165, 1.54) is 6.07 Å². The third kappa shape index (κ3) is 3.11. The maximum atomic E-state index is 12.9. The van der Waals surface area contributed by atoms with Crippen LogP contribution in [0.5, 0.6) is 0 Å². The van der Waals surface area contributed by atoms with Crippen molar-refractivity contribution in [3.05, 3.63) is 35.6 Å². The van der Waals surface area contributed by atoms with Crippen molar-refractivity contribution in [2.45, 2.75) is 32.7 Å². The molecule has 2 heteroatoms. The Labute approximate surface area is 85.1 Å². The Balaban J connectivity index is 2.67. The fourth-order valence-corrected chi connectivity index (χ4v) is 1.67. The highest BCUT2D eigenvalue weighted by Crippen LogP contribution is 2.15. The van der Waals surface area contributed by atoms with Crippen LogP contribution in [-0.2, 0) is 6.42 Å². The molecule has 0 bridgehead atoms. The molecule has 0 aliphatic carbocycles. The van der Waals surface area contributed by atoms with Gasteiger partial charge in [-0.15, -0.1) is 0 Å². The molecule has 2 unspecified atom stereocenters. The summed E-state index contributed by atoms with van der Waals surface area (Å²) in [5, 5.41) is 0. The predicted molar refractivity (Wildman–Crippen MR) is 57.5 cm³/mol. The summed E-state index contributed by atoms with van der Waals surface area (Å²) in [6.45, 7) is 4.13. The highest BCUT2D eigenvalue weighted by Gasteiger charge is 2.12. The van der Waals surface area contributed by atoms with Crippen molar-refractivity contribution in [1.29, 1.82) is 0 Å². The van der Waals surface area contributed by atoms with Gasteiger partial charge in [-0.25, -0.2) is 4.39 Å². The Morgan fingerprint density at radius 2 is 2.14 bits per heavy atom. The minimum absolute atomic E-state index is 0.165. The maximum absolute atomic E-state index is 12.9. The van der Waals surface area contributed by atoms with E-state index in [1.807, 2.05) is 13.0 Å². The van der Waals surface area contributed by atoms with E-state index in [2.05, 4.69) is 6.92 Å². The van der Waals surface area contributed by atoms with E-state index in [0.29, 0.717) is 5.92 Å². The molecule has 0 fully saturated rings. The number of nitrogens with two attached hydrogens (primary N) is 1. The van der Waals surface area contributed by atoms with E-state index in [9.17, 15) is 4.39 Å².